The van der Waals surface area contributed by atoms with Crippen LogP contribution in [0.5, 0.6) is 0 Å². The van der Waals surface area contributed by atoms with Crippen LogP contribution in [0, 0.1) is 6.92 Å². The van der Waals surface area contributed by atoms with E-state index in [9.17, 15) is 4.79 Å². The fraction of sp³-hybridized carbons (Fsp3) is 0.600. The van der Waals surface area contributed by atoms with Crippen LogP contribution < -0.4 is 10.6 Å². The molecule has 0 radical (unpaired) electrons. The zero-order valence-corrected chi connectivity index (χ0v) is 10.4. The summed E-state index contributed by atoms with van der Waals surface area (Å²) in [6.45, 7) is 8.35. The Balaban J connectivity index is 2.63. The molecule has 0 unspecified atom stereocenters. The van der Waals surface area contributed by atoms with E-state index in [0.717, 1.165) is 12.2 Å². The Morgan fingerprint density at radius 1 is 1.60 bits per heavy atom. The molecular formula is C10H17N3OS. The molecule has 0 saturated carbocycles. The Bertz CT molecular complexity index is 346. The van der Waals surface area contributed by atoms with Crippen LogP contribution in [-0.2, 0) is 4.79 Å². The van der Waals surface area contributed by atoms with E-state index in [0.29, 0.717) is 5.13 Å². The average molecular weight is 227 g/mol. The Kier molecular flexibility index (Phi) is 3.82. The molecule has 0 aromatic carbocycles. The van der Waals surface area contributed by atoms with E-state index in [4.69, 9.17) is 0 Å². The summed E-state index contributed by atoms with van der Waals surface area (Å²) in [6.07, 6.45) is 0. The predicted octanol–water partition coefficient (Wildman–Crippen LogP) is 1.78. The molecule has 0 aliphatic carbocycles. The molecule has 1 aromatic heterocycles. The SMILES string of the molecule is CCNC(C)(C)C(=O)Nc1nc(C)cs1. The van der Waals surface area contributed by atoms with Crippen LogP contribution in [0.25, 0.3) is 0 Å². The van der Waals surface area contributed by atoms with Gasteiger partial charge in [-0.05, 0) is 27.3 Å². The smallest absolute Gasteiger partial charge is 0.245 e. The van der Waals surface area contributed by atoms with Crippen molar-refractivity contribution < 1.29 is 4.79 Å². The molecule has 5 heteroatoms. The molecule has 1 rings (SSSR count). The number of aromatic nitrogens is 1. The maximum Gasteiger partial charge on any atom is 0.245 e. The number of carbonyl (C=O) groups is 1. The third-order valence-electron chi connectivity index (χ3n) is 2.03. The standard InChI is InChI=1S/C10H17N3OS/c1-5-11-10(3,4)8(14)13-9-12-7(2)6-15-9/h6,11H,5H2,1-4H3,(H,12,13,14). The van der Waals surface area contributed by atoms with Crippen molar-refractivity contribution in [2.75, 3.05) is 11.9 Å². The van der Waals surface area contributed by atoms with Gasteiger partial charge in [-0.3, -0.25) is 4.79 Å². The van der Waals surface area contributed by atoms with Crippen molar-refractivity contribution in [2.45, 2.75) is 33.2 Å². The molecule has 0 aliphatic heterocycles. The van der Waals surface area contributed by atoms with E-state index in [1.807, 2.05) is 33.1 Å². The average Bonchev–Trinajstić information content (AvgIpc) is 2.51. The Hall–Kier alpha value is -0.940. The second kappa shape index (κ2) is 4.72. The summed E-state index contributed by atoms with van der Waals surface area (Å²) in [7, 11) is 0. The lowest BCUT2D eigenvalue weighted by Crippen LogP contribution is -2.49. The van der Waals surface area contributed by atoms with Gasteiger partial charge in [0, 0.05) is 5.38 Å². The van der Waals surface area contributed by atoms with Crippen molar-refractivity contribution >= 4 is 22.4 Å². The van der Waals surface area contributed by atoms with Crippen LogP contribution in [0.15, 0.2) is 5.38 Å². The third kappa shape index (κ3) is 3.28. The van der Waals surface area contributed by atoms with E-state index < -0.39 is 5.54 Å². The molecule has 1 amide bonds. The van der Waals surface area contributed by atoms with Gasteiger partial charge in [0.05, 0.1) is 11.2 Å². The number of aryl methyl sites for hydroxylation is 1. The van der Waals surface area contributed by atoms with E-state index in [1.54, 1.807) is 0 Å². The highest BCUT2D eigenvalue weighted by atomic mass is 32.1. The van der Waals surface area contributed by atoms with E-state index in [1.165, 1.54) is 11.3 Å². The van der Waals surface area contributed by atoms with E-state index in [2.05, 4.69) is 15.6 Å². The first kappa shape index (κ1) is 12.1. The quantitative estimate of drug-likeness (QED) is 0.824. The molecule has 0 atom stereocenters. The van der Waals surface area contributed by atoms with Crippen molar-refractivity contribution in [3.05, 3.63) is 11.1 Å². The largest absolute Gasteiger partial charge is 0.304 e. The summed E-state index contributed by atoms with van der Waals surface area (Å²) in [6, 6.07) is 0. The minimum atomic E-state index is -0.561. The second-order valence-corrected chi connectivity index (χ2v) is 4.76. The van der Waals surface area contributed by atoms with Crippen LogP contribution in [0.2, 0.25) is 0 Å². The lowest BCUT2D eigenvalue weighted by atomic mass is 10.1. The highest BCUT2D eigenvalue weighted by Crippen LogP contribution is 2.16. The number of amides is 1. The van der Waals surface area contributed by atoms with E-state index >= 15 is 0 Å². The zero-order valence-electron chi connectivity index (χ0n) is 9.55. The Labute approximate surface area is 94.1 Å². The normalized spacial score (nSPS) is 11.5. The van der Waals surface area contributed by atoms with Gasteiger partial charge in [0.15, 0.2) is 5.13 Å². The molecule has 15 heavy (non-hydrogen) atoms. The van der Waals surface area contributed by atoms with Crippen LogP contribution in [0.3, 0.4) is 0 Å². The van der Waals surface area contributed by atoms with Crippen LogP contribution in [0.4, 0.5) is 5.13 Å². The number of nitrogens with one attached hydrogen (secondary N) is 2. The first-order valence-corrected chi connectivity index (χ1v) is 5.82. The molecule has 0 spiro atoms. The summed E-state index contributed by atoms with van der Waals surface area (Å²) < 4.78 is 0. The van der Waals surface area contributed by atoms with Crippen molar-refractivity contribution in [1.29, 1.82) is 0 Å². The predicted molar refractivity (Wildman–Crippen MR) is 63.2 cm³/mol. The molecule has 1 heterocycles. The maximum atomic E-state index is 11.8. The zero-order chi connectivity index (χ0) is 11.5. The second-order valence-electron chi connectivity index (χ2n) is 3.90. The molecule has 4 nitrogen and oxygen atoms in total. The van der Waals surface area contributed by atoms with Crippen molar-refractivity contribution in [1.82, 2.24) is 10.3 Å². The highest BCUT2D eigenvalue weighted by Gasteiger charge is 2.26. The summed E-state index contributed by atoms with van der Waals surface area (Å²) >= 11 is 1.44. The molecule has 0 aliphatic rings. The number of likely N-dealkylation sites (N-methyl/N-ethyl adjacent to an activating group) is 1. The van der Waals surface area contributed by atoms with Gasteiger partial charge in [-0.1, -0.05) is 6.92 Å². The highest BCUT2D eigenvalue weighted by molar-refractivity contribution is 7.13. The first-order valence-electron chi connectivity index (χ1n) is 4.94. The fourth-order valence-electron chi connectivity index (χ4n) is 1.19. The first-order chi connectivity index (χ1) is 6.95. The number of thiazole rings is 1. The summed E-state index contributed by atoms with van der Waals surface area (Å²) in [4.78, 5) is 16.0. The lowest BCUT2D eigenvalue weighted by Gasteiger charge is -2.23. The Morgan fingerprint density at radius 3 is 2.73 bits per heavy atom. The molecule has 0 saturated heterocycles. The number of nitrogens with zero attached hydrogens (tertiary/aromatic N) is 1. The summed E-state index contributed by atoms with van der Waals surface area (Å²) in [5.41, 5.74) is 0.366. The van der Waals surface area contributed by atoms with Gasteiger partial charge >= 0.3 is 0 Å². The molecule has 0 fully saturated rings. The van der Waals surface area contributed by atoms with Crippen molar-refractivity contribution in [3.63, 3.8) is 0 Å². The van der Waals surface area contributed by atoms with E-state index in [-0.39, 0.29) is 5.91 Å². The van der Waals surface area contributed by atoms with Crippen LogP contribution in [0.1, 0.15) is 26.5 Å². The lowest BCUT2D eigenvalue weighted by molar-refractivity contribution is -0.121. The van der Waals surface area contributed by atoms with Gasteiger partial charge in [-0.2, -0.15) is 0 Å². The van der Waals surface area contributed by atoms with Crippen LogP contribution in [-0.4, -0.2) is 23.0 Å². The number of rotatable bonds is 4. The minimum absolute atomic E-state index is 0.0568. The fourth-order valence-corrected chi connectivity index (χ4v) is 1.87. The van der Waals surface area contributed by atoms with Crippen LogP contribution >= 0.6 is 11.3 Å². The van der Waals surface area contributed by atoms with Crippen molar-refractivity contribution in [2.24, 2.45) is 0 Å². The summed E-state index contributed by atoms with van der Waals surface area (Å²) in [5, 5.41) is 8.48. The van der Waals surface area contributed by atoms with Gasteiger partial charge < -0.3 is 10.6 Å². The summed E-state index contributed by atoms with van der Waals surface area (Å²) in [5.74, 6) is -0.0568. The molecule has 2 N–H and O–H groups in total. The van der Waals surface area contributed by atoms with Gasteiger partial charge in [-0.15, -0.1) is 11.3 Å². The number of anilines is 1. The number of hydrogen-bond acceptors (Lipinski definition) is 4. The molecule has 0 bridgehead atoms. The van der Waals surface area contributed by atoms with Crippen molar-refractivity contribution in [3.8, 4) is 0 Å². The Morgan fingerprint density at radius 2 is 2.27 bits per heavy atom. The molecule has 1 aromatic rings. The number of hydrogen-bond donors (Lipinski definition) is 2. The van der Waals surface area contributed by atoms with Gasteiger partial charge in [0.25, 0.3) is 0 Å². The topological polar surface area (TPSA) is 54.0 Å². The third-order valence-corrected chi connectivity index (χ3v) is 2.90. The molecule has 84 valence electrons. The monoisotopic (exact) mass is 227 g/mol. The molecular weight excluding hydrogens is 210 g/mol. The van der Waals surface area contributed by atoms with Gasteiger partial charge in [0.1, 0.15) is 0 Å². The minimum Gasteiger partial charge on any atom is -0.304 e. The van der Waals surface area contributed by atoms with Gasteiger partial charge in [-0.25, -0.2) is 4.98 Å². The van der Waals surface area contributed by atoms with Gasteiger partial charge in [0.2, 0.25) is 5.91 Å². The maximum absolute atomic E-state index is 11.8. The number of carbonyl (C=O) groups excluding carboxylic acids is 1.